The van der Waals surface area contributed by atoms with Crippen molar-refractivity contribution in [2.24, 2.45) is 5.84 Å². The Kier molecular flexibility index (Phi) is 4.69. The zero-order valence-corrected chi connectivity index (χ0v) is 12.2. The van der Waals surface area contributed by atoms with E-state index in [2.05, 4.69) is 28.3 Å². The molecule has 3 N–H and O–H groups in total. The summed E-state index contributed by atoms with van der Waals surface area (Å²) in [6, 6.07) is 12.5. The second-order valence-corrected chi connectivity index (χ2v) is 5.28. The topological polar surface area (TPSA) is 38.0 Å². The molecule has 1 unspecified atom stereocenters. The van der Waals surface area contributed by atoms with E-state index in [9.17, 15) is 4.39 Å². The second kappa shape index (κ2) is 6.28. The first-order valence-electron chi connectivity index (χ1n) is 6.15. The van der Waals surface area contributed by atoms with Gasteiger partial charge in [0.2, 0.25) is 0 Å². The van der Waals surface area contributed by atoms with Crippen LogP contribution < -0.4 is 11.3 Å². The van der Waals surface area contributed by atoms with Gasteiger partial charge in [0, 0.05) is 10.0 Å². The predicted molar refractivity (Wildman–Crippen MR) is 79.1 cm³/mol. The van der Waals surface area contributed by atoms with Gasteiger partial charge in [0.05, 0.1) is 6.04 Å². The molecule has 0 aliphatic heterocycles. The van der Waals surface area contributed by atoms with Crippen LogP contribution in [0.3, 0.4) is 0 Å². The number of aryl methyl sites for hydroxylation is 1. The average Bonchev–Trinajstić information content (AvgIpc) is 2.44. The first kappa shape index (κ1) is 14.2. The summed E-state index contributed by atoms with van der Waals surface area (Å²) in [5, 5.41) is 0. The Hall–Kier alpha value is -1.23. The maximum Gasteiger partial charge on any atom is 0.128 e. The van der Waals surface area contributed by atoms with E-state index in [0.717, 1.165) is 16.5 Å². The quantitative estimate of drug-likeness (QED) is 0.665. The molecule has 0 spiro atoms. The van der Waals surface area contributed by atoms with Crippen molar-refractivity contribution < 1.29 is 4.39 Å². The van der Waals surface area contributed by atoms with Crippen LogP contribution in [0.1, 0.15) is 29.7 Å². The van der Waals surface area contributed by atoms with E-state index >= 15 is 0 Å². The Morgan fingerprint density at radius 1 is 1.21 bits per heavy atom. The van der Waals surface area contributed by atoms with E-state index in [1.165, 1.54) is 11.6 Å². The van der Waals surface area contributed by atoms with Gasteiger partial charge in [0.25, 0.3) is 0 Å². The number of nitrogens with two attached hydrogens (primary N) is 1. The smallest absolute Gasteiger partial charge is 0.128 e. The monoisotopic (exact) mass is 322 g/mol. The van der Waals surface area contributed by atoms with Crippen molar-refractivity contribution in [2.45, 2.75) is 19.4 Å². The maximum absolute atomic E-state index is 13.9. The van der Waals surface area contributed by atoms with E-state index in [0.29, 0.717) is 5.56 Å². The minimum absolute atomic E-state index is 0.272. The van der Waals surface area contributed by atoms with Crippen LogP contribution in [0.2, 0.25) is 0 Å². The summed E-state index contributed by atoms with van der Waals surface area (Å²) in [5.41, 5.74) is 5.39. The van der Waals surface area contributed by atoms with Gasteiger partial charge in [-0.3, -0.25) is 5.84 Å². The van der Waals surface area contributed by atoms with Gasteiger partial charge < -0.3 is 0 Å². The van der Waals surface area contributed by atoms with Crippen molar-refractivity contribution in [2.75, 3.05) is 0 Å². The molecule has 4 heteroatoms. The number of hydrogen-bond donors (Lipinski definition) is 2. The lowest BCUT2D eigenvalue weighted by molar-refractivity contribution is 0.559. The molecule has 0 aliphatic carbocycles. The third kappa shape index (κ3) is 3.21. The van der Waals surface area contributed by atoms with Crippen LogP contribution >= 0.6 is 15.9 Å². The van der Waals surface area contributed by atoms with Crippen LogP contribution in [0, 0.1) is 5.82 Å². The maximum atomic E-state index is 13.9. The molecule has 100 valence electrons. The summed E-state index contributed by atoms with van der Waals surface area (Å²) < 4.78 is 14.7. The molecule has 2 aromatic carbocycles. The third-order valence-corrected chi connectivity index (χ3v) is 3.65. The van der Waals surface area contributed by atoms with Crippen LogP contribution in [-0.4, -0.2) is 0 Å². The molecule has 0 saturated heterocycles. The van der Waals surface area contributed by atoms with Crippen LogP contribution in [-0.2, 0) is 6.42 Å². The largest absolute Gasteiger partial charge is 0.271 e. The van der Waals surface area contributed by atoms with Gasteiger partial charge in [-0.25, -0.2) is 9.82 Å². The van der Waals surface area contributed by atoms with E-state index < -0.39 is 0 Å². The lowest BCUT2D eigenvalue weighted by Gasteiger charge is -2.18. The van der Waals surface area contributed by atoms with Gasteiger partial charge in [-0.1, -0.05) is 47.1 Å². The molecular weight excluding hydrogens is 307 g/mol. The van der Waals surface area contributed by atoms with Crippen LogP contribution in [0.4, 0.5) is 4.39 Å². The minimum atomic E-state index is -0.358. The predicted octanol–water partition coefficient (Wildman–Crippen LogP) is 3.70. The highest BCUT2D eigenvalue weighted by Crippen LogP contribution is 2.26. The Bertz CT molecular complexity index is 555. The van der Waals surface area contributed by atoms with Gasteiger partial charge in [-0.15, -0.1) is 0 Å². The normalized spacial score (nSPS) is 12.4. The number of hydrazine groups is 1. The van der Waals surface area contributed by atoms with Gasteiger partial charge in [-0.05, 0) is 35.7 Å². The summed E-state index contributed by atoms with van der Waals surface area (Å²) in [7, 11) is 0. The molecule has 19 heavy (non-hydrogen) atoms. The molecule has 2 aromatic rings. The van der Waals surface area contributed by atoms with Gasteiger partial charge in [-0.2, -0.15) is 0 Å². The van der Waals surface area contributed by atoms with E-state index in [1.54, 1.807) is 12.1 Å². The SMILES string of the molecule is CCc1ccc(C(NN)c2cc(Br)ccc2F)cc1. The summed E-state index contributed by atoms with van der Waals surface area (Å²) in [6.07, 6.45) is 0.978. The molecule has 0 saturated carbocycles. The Balaban J connectivity index is 2.40. The number of rotatable bonds is 4. The van der Waals surface area contributed by atoms with Crippen LogP contribution in [0.5, 0.6) is 0 Å². The highest BCUT2D eigenvalue weighted by Gasteiger charge is 2.16. The second-order valence-electron chi connectivity index (χ2n) is 4.36. The highest BCUT2D eigenvalue weighted by molar-refractivity contribution is 9.10. The lowest BCUT2D eigenvalue weighted by Crippen LogP contribution is -2.29. The number of halogens is 2. The number of nitrogens with one attached hydrogen (secondary N) is 1. The molecule has 2 nitrogen and oxygen atoms in total. The molecule has 0 bridgehead atoms. The van der Waals surface area contributed by atoms with Crippen molar-refractivity contribution in [1.29, 1.82) is 0 Å². The standard InChI is InChI=1S/C15H16BrFN2/c1-2-10-3-5-11(6-4-10)15(19-18)13-9-12(16)7-8-14(13)17/h3-9,15,19H,2,18H2,1H3. The molecule has 1 atom stereocenters. The van der Waals surface area contributed by atoms with Crippen molar-refractivity contribution in [3.8, 4) is 0 Å². The summed E-state index contributed by atoms with van der Waals surface area (Å²) in [6.45, 7) is 2.10. The summed E-state index contributed by atoms with van der Waals surface area (Å²) >= 11 is 3.35. The first-order chi connectivity index (χ1) is 9.15. The molecule has 2 rings (SSSR count). The van der Waals surface area contributed by atoms with E-state index in [-0.39, 0.29) is 11.9 Å². The van der Waals surface area contributed by atoms with Gasteiger partial charge >= 0.3 is 0 Å². The highest BCUT2D eigenvalue weighted by atomic mass is 79.9. The Morgan fingerprint density at radius 3 is 2.47 bits per heavy atom. The van der Waals surface area contributed by atoms with Crippen molar-refractivity contribution in [1.82, 2.24) is 5.43 Å². The molecule has 0 heterocycles. The van der Waals surface area contributed by atoms with Crippen molar-refractivity contribution in [3.05, 3.63) is 69.4 Å². The molecule has 0 fully saturated rings. The Morgan fingerprint density at radius 2 is 1.89 bits per heavy atom. The fourth-order valence-corrected chi connectivity index (χ4v) is 2.43. The first-order valence-corrected chi connectivity index (χ1v) is 6.95. The molecule has 0 amide bonds. The molecule has 0 aromatic heterocycles. The molecule has 0 aliphatic rings. The van der Waals surface area contributed by atoms with Crippen LogP contribution in [0.15, 0.2) is 46.9 Å². The van der Waals surface area contributed by atoms with E-state index in [1.807, 2.05) is 24.3 Å². The van der Waals surface area contributed by atoms with E-state index in [4.69, 9.17) is 5.84 Å². The molecule has 0 radical (unpaired) electrons. The van der Waals surface area contributed by atoms with Gasteiger partial charge in [0.15, 0.2) is 0 Å². The zero-order chi connectivity index (χ0) is 13.8. The van der Waals surface area contributed by atoms with Crippen molar-refractivity contribution >= 4 is 15.9 Å². The Labute approximate surface area is 120 Å². The fraction of sp³-hybridized carbons (Fsp3) is 0.200. The fourth-order valence-electron chi connectivity index (χ4n) is 2.05. The minimum Gasteiger partial charge on any atom is -0.271 e. The lowest BCUT2D eigenvalue weighted by atomic mass is 9.97. The zero-order valence-electron chi connectivity index (χ0n) is 10.7. The number of benzene rings is 2. The van der Waals surface area contributed by atoms with Gasteiger partial charge in [0.1, 0.15) is 5.82 Å². The number of hydrogen-bond acceptors (Lipinski definition) is 2. The molecular formula is C15H16BrFN2. The summed E-state index contributed by atoms with van der Waals surface area (Å²) in [4.78, 5) is 0. The average molecular weight is 323 g/mol. The summed E-state index contributed by atoms with van der Waals surface area (Å²) in [5.74, 6) is 5.32. The van der Waals surface area contributed by atoms with Crippen LogP contribution in [0.25, 0.3) is 0 Å². The van der Waals surface area contributed by atoms with Crippen molar-refractivity contribution in [3.63, 3.8) is 0 Å². The third-order valence-electron chi connectivity index (χ3n) is 3.16.